The first-order valence-electron chi connectivity index (χ1n) is 22.7. The maximum atomic E-state index is 13.7. The zero-order chi connectivity index (χ0) is 51.7. The van der Waals surface area contributed by atoms with E-state index in [2.05, 4.69) is 39.7 Å². The van der Waals surface area contributed by atoms with Gasteiger partial charge in [-0.3, -0.25) is 38.1 Å². The van der Waals surface area contributed by atoms with Gasteiger partial charge in [0, 0.05) is 49.1 Å². The third-order valence-electron chi connectivity index (χ3n) is 12.5. The summed E-state index contributed by atoms with van der Waals surface area (Å²) >= 11 is 0. The molecule has 5 amide bonds. The third kappa shape index (κ3) is 14.2. The van der Waals surface area contributed by atoms with E-state index in [1.807, 2.05) is 13.0 Å². The number of carbonyl (C=O) groups is 7. The number of nitrogen functional groups attached to an aromatic ring is 1. The van der Waals surface area contributed by atoms with Crippen LogP contribution in [0.3, 0.4) is 0 Å². The van der Waals surface area contributed by atoms with Gasteiger partial charge < -0.3 is 37.2 Å². The van der Waals surface area contributed by atoms with E-state index in [-0.39, 0.29) is 54.6 Å². The predicted octanol–water partition coefficient (Wildman–Crippen LogP) is 3.27. The molecule has 4 rings (SSSR count). The zero-order valence-electron chi connectivity index (χ0n) is 40.1. The van der Waals surface area contributed by atoms with Crippen molar-refractivity contribution in [2.75, 3.05) is 29.9 Å². The van der Waals surface area contributed by atoms with E-state index in [0.717, 1.165) is 17.2 Å². The van der Waals surface area contributed by atoms with Crippen LogP contribution < -0.4 is 32.3 Å². The summed E-state index contributed by atoms with van der Waals surface area (Å²) in [5.41, 5.74) is 9.51. The number of fused-ring (bicyclic) bond motifs is 1. The normalized spacial score (nSPS) is 17.7. The Kier molecular flexibility index (Phi) is 18.8. The van der Waals surface area contributed by atoms with Gasteiger partial charge >= 0.3 is 0 Å². The summed E-state index contributed by atoms with van der Waals surface area (Å²) < 4.78 is 61.4. The van der Waals surface area contributed by atoms with Crippen LogP contribution in [-0.4, -0.2) is 110 Å². The summed E-state index contributed by atoms with van der Waals surface area (Å²) in [5, 5.41) is 13.3. The molecule has 1 aliphatic heterocycles. The number of nitrogens with two attached hydrogens (primary N) is 1. The first kappa shape index (κ1) is 55.4. The van der Waals surface area contributed by atoms with Gasteiger partial charge in [0.2, 0.25) is 29.5 Å². The van der Waals surface area contributed by atoms with E-state index < -0.39 is 102 Å². The van der Waals surface area contributed by atoms with Gasteiger partial charge in [0.25, 0.3) is 10.1 Å². The second kappa shape index (κ2) is 23.4. The molecule has 2 aliphatic rings. The summed E-state index contributed by atoms with van der Waals surface area (Å²) in [5.74, 6) is -6.22. The van der Waals surface area contributed by atoms with Gasteiger partial charge in [-0.25, -0.2) is 8.42 Å². The van der Waals surface area contributed by atoms with Crippen molar-refractivity contribution in [3.63, 3.8) is 0 Å². The lowest BCUT2D eigenvalue weighted by molar-refractivity contribution is -0.141. The Labute approximate surface area is 404 Å². The summed E-state index contributed by atoms with van der Waals surface area (Å²) in [7, 11) is -8.72. The highest BCUT2D eigenvalue weighted by Crippen LogP contribution is 2.41. The number of allylic oxidation sites excluding steroid dienone is 3. The molecule has 6 atom stereocenters. The first-order chi connectivity index (χ1) is 32.2. The number of carbonyl (C=O) groups excluding carboxylic acids is 7. The Morgan fingerprint density at radius 1 is 0.870 bits per heavy atom. The molecule has 0 bridgehead atoms. The van der Waals surface area contributed by atoms with Crippen molar-refractivity contribution < 1.29 is 55.0 Å². The highest BCUT2D eigenvalue weighted by Gasteiger charge is 2.39. The van der Waals surface area contributed by atoms with Gasteiger partial charge in [0.1, 0.15) is 17.0 Å². The van der Waals surface area contributed by atoms with Crippen molar-refractivity contribution in [2.45, 2.75) is 121 Å². The van der Waals surface area contributed by atoms with Crippen LogP contribution in [0.25, 0.3) is 0 Å². The van der Waals surface area contributed by atoms with Gasteiger partial charge in [-0.05, 0) is 112 Å². The molecular weight excluding hydrogens is 931 g/mol. The number of ketones is 2. The maximum absolute atomic E-state index is 13.7. The van der Waals surface area contributed by atoms with Gasteiger partial charge in [-0.2, -0.15) is 8.42 Å². The Bertz CT molecular complexity index is 2650. The fourth-order valence-electron chi connectivity index (χ4n) is 8.28. The second-order valence-corrected chi connectivity index (χ2v) is 21.5. The van der Waals surface area contributed by atoms with Crippen molar-refractivity contribution in [3.05, 3.63) is 77.9 Å². The molecule has 1 fully saturated rings. The van der Waals surface area contributed by atoms with E-state index in [1.165, 1.54) is 56.9 Å². The van der Waals surface area contributed by atoms with E-state index in [0.29, 0.717) is 41.8 Å². The van der Waals surface area contributed by atoms with Gasteiger partial charge in [-0.15, -0.1) is 0 Å². The molecular formula is C48H65N7O12S2. The zero-order valence-corrected chi connectivity index (χ0v) is 41.8. The van der Waals surface area contributed by atoms with Crippen LogP contribution in [0, 0.1) is 17.8 Å². The summed E-state index contributed by atoms with van der Waals surface area (Å²) in [6.45, 7) is 18.6. The Morgan fingerprint density at radius 3 is 2.16 bits per heavy atom. The van der Waals surface area contributed by atoms with Crippen molar-refractivity contribution >= 4 is 78.1 Å². The third-order valence-corrected chi connectivity index (χ3v) is 15.1. The molecule has 21 heteroatoms. The molecule has 0 saturated carbocycles. The predicted molar refractivity (Wildman–Crippen MR) is 260 cm³/mol. The van der Waals surface area contributed by atoms with E-state index in [4.69, 9.17) is 5.73 Å². The molecule has 2 aromatic rings. The topological polar surface area (TPSA) is 297 Å². The van der Waals surface area contributed by atoms with E-state index >= 15 is 0 Å². The van der Waals surface area contributed by atoms with Crippen LogP contribution >= 0.6 is 0 Å². The molecule has 6 unspecified atom stereocenters. The van der Waals surface area contributed by atoms with Crippen LogP contribution in [-0.2, 0) is 66.4 Å². The number of hydrogen-bond acceptors (Lipinski definition) is 13. The van der Waals surface area contributed by atoms with Crippen LogP contribution in [0.2, 0.25) is 0 Å². The smallest absolute Gasteiger partial charge is 0.296 e. The summed E-state index contributed by atoms with van der Waals surface area (Å²) in [6.07, 6.45) is 3.89. The van der Waals surface area contributed by atoms with Crippen LogP contribution in [0.5, 0.6) is 0 Å². The number of hydrogen-bond donors (Lipinski definition) is 7. The number of benzene rings is 2. The molecule has 376 valence electrons. The Balaban J connectivity index is 1.31. The average molecular weight is 996 g/mol. The highest BCUT2D eigenvalue weighted by atomic mass is 32.2. The Hall–Kier alpha value is -6.19. The number of nitrogens with one attached hydrogen (secondary N) is 5. The minimum atomic E-state index is -4.72. The van der Waals surface area contributed by atoms with Crippen molar-refractivity contribution in [1.82, 2.24) is 26.2 Å². The molecule has 0 spiro atoms. The fourth-order valence-corrected chi connectivity index (χ4v) is 10.1. The van der Waals surface area contributed by atoms with Crippen LogP contribution in [0.4, 0.5) is 17.1 Å². The molecule has 1 saturated heterocycles. The molecule has 0 aromatic heterocycles. The first-order valence-corrected chi connectivity index (χ1v) is 25.8. The van der Waals surface area contributed by atoms with Crippen molar-refractivity contribution in [3.8, 4) is 0 Å². The lowest BCUT2D eigenvalue weighted by atomic mass is 9.83. The molecule has 1 aliphatic carbocycles. The quantitative estimate of drug-likeness (QED) is 0.0507. The second-order valence-electron chi connectivity index (χ2n) is 18.0. The monoisotopic (exact) mass is 995 g/mol. The molecule has 0 radical (unpaired) electrons. The number of sulfone groups is 1. The Morgan fingerprint density at radius 2 is 1.54 bits per heavy atom. The molecule has 1 heterocycles. The number of rotatable bonds is 22. The van der Waals surface area contributed by atoms with Gasteiger partial charge in [0.05, 0.1) is 28.4 Å². The number of nitrogens with zero attached hydrogens (tertiary/aromatic N) is 1. The standard InChI is InChI=1S/C48H65N7O12S2/c1-10-32-22-36-37(20-27(32)5)44(49)42(69(65,66)67)25-38(36)54-33-14-12-15-34(23-33)68(63,64)19-17-50-45(59)28(6)21-40(56)29(7)52-47(61)35(26(3)4)24-41(57)39-16-13-18-55(39)48(62)31(9)53-46(60)30(8)51-43(58)11-2/h10-12,14-15,23,25-26,28-31,35,39,54H,2,5,13,16-22,24,49H2,1,3-4,6-9H3,(H,50,59)(H,51,58)(H,52,61)(H,53,60)(H,65,66,67)/b32-10-. The van der Waals surface area contributed by atoms with Gasteiger partial charge in [0.15, 0.2) is 21.4 Å². The minimum absolute atomic E-state index is 0.0921. The molecule has 19 nitrogen and oxygen atoms in total. The molecule has 69 heavy (non-hydrogen) atoms. The SMILES string of the molecule is C=CC(=O)NC(C)C(=O)NC(C)C(=O)N1CCCC1C(=O)CC(C(=O)NC(C)C(=O)CC(C)C(=O)NCCS(=O)(=O)c1cccc(Nc2cc(S(=O)(=O)O)c(N)c3c2C/C(=C/C)C(=C)C3)c1)C(C)C. The number of amides is 5. The lowest BCUT2D eigenvalue weighted by Gasteiger charge is -2.29. The molecule has 8 N–H and O–H groups in total. The lowest BCUT2D eigenvalue weighted by Crippen LogP contribution is -2.54. The number of likely N-dealkylation sites (tertiary alicyclic amines) is 1. The van der Waals surface area contributed by atoms with Crippen LogP contribution in [0.15, 0.2) is 76.6 Å². The summed E-state index contributed by atoms with van der Waals surface area (Å²) in [6, 6.07) is 3.19. The summed E-state index contributed by atoms with van der Waals surface area (Å²) in [4.78, 5) is 91.9. The van der Waals surface area contributed by atoms with E-state index in [9.17, 15) is 55.0 Å². The minimum Gasteiger partial charge on any atom is -0.397 e. The largest absolute Gasteiger partial charge is 0.397 e. The van der Waals surface area contributed by atoms with Crippen molar-refractivity contribution in [2.24, 2.45) is 17.8 Å². The highest BCUT2D eigenvalue weighted by molar-refractivity contribution is 7.91. The van der Waals surface area contributed by atoms with Crippen molar-refractivity contribution in [1.29, 1.82) is 0 Å². The van der Waals surface area contributed by atoms with E-state index in [1.54, 1.807) is 19.9 Å². The molecule has 2 aromatic carbocycles. The number of Topliss-reactive ketones (excluding diaryl/α,β-unsaturated/α-hetero) is 2. The fraction of sp³-hybridized carbons (Fsp3) is 0.479. The maximum Gasteiger partial charge on any atom is 0.296 e. The van der Waals surface area contributed by atoms with Gasteiger partial charge in [-0.1, -0.05) is 46.1 Å². The number of anilines is 3. The average Bonchev–Trinajstić information content (AvgIpc) is 3.78. The van der Waals surface area contributed by atoms with Crippen LogP contribution in [0.1, 0.15) is 85.3 Å².